The van der Waals surface area contributed by atoms with E-state index in [2.05, 4.69) is 9.88 Å². The van der Waals surface area contributed by atoms with E-state index in [0.717, 1.165) is 30.8 Å². The Kier molecular flexibility index (Phi) is 8.13. The molecular formula is C25H29F3N4O3S. The average molecular weight is 523 g/mol. The van der Waals surface area contributed by atoms with E-state index in [0.29, 0.717) is 31.1 Å². The lowest BCUT2D eigenvalue weighted by Crippen LogP contribution is -2.43. The zero-order valence-corrected chi connectivity index (χ0v) is 20.8. The lowest BCUT2D eigenvalue weighted by atomic mass is 10.1. The molecule has 7 nitrogen and oxygen atoms in total. The first-order valence-electron chi connectivity index (χ1n) is 11.7. The predicted molar refractivity (Wildman–Crippen MR) is 129 cm³/mol. The van der Waals surface area contributed by atoms with Crippen molar-refractivity contribution in [2.45, 2.75) is 31.1 Å². The highest BCUT2D eigenvalue weighted by Crippen LogP contribution is 2.29. The molecule has 4 rings (SSSR count). The zero-order chi connectivity index (χ0) is 25.8. The summed E-state index contributed by atoms with van der Waals surface area (Å²) < 4.78 is 74.4. The fourth-order valence-electron chi connectivity index (χ4n) is 4.01. The van der Waals surface area contributed by atoms with Crippen molar-refractivity contribution >= 4 is 10.0 Å². The molecule has 0 bridgehead atoms. The number of halogens is 3. The summed E-state index contributed by atoms with van der Waals surface area (Å²) in [6.45, 7) is 5.72. The van der Waals surface area contributed by atoms with Gasteiger partial charge >= 0.3 is 6.18 Å². The number of rotatable bonds is 9. The monoisotopic (exact) mass is 522 g/mol. The molecule has 1 saturated heterocycles. The third-order valence-corrected chi connectivity index (χ3v) is 8.04. The highest BCUT2D eigenvalue weighted by atomic mass is 32.2. The highest BCUT2D eigenvalue weighted by molar-refractivity contribution is 7.89. The second-order valence-electron chi connectivity index (χ2n) is 8.77. The normalized spacial score (nSPS) is 15.5. The van der Waals surface area contributed by atoms with Gasteiger partial charge in [-0.25, -0.2) is 13.4 Å². The minimum Gasteiger partial charge on any atom is -0.379 e. The van der Waals surface area contributed by atoms with Gasteiger partial charge in [-0.05, 0) is 36.8 Å². The quantitative estimate of drug-likeness (QED) is 0.428. The Balaban J connectivity index is 1.55. The standard InChI is InChI=1S/C25H29F3N4O3S/c1-20-2-8-23(9-3-20)36(33,34)32(13-12-30-14-16-35-17-15-30)19-24-29-10-11-31(24)18-21-4-6-22(7-5-21)25(26,27)28/h2-11H,12-19H2,1H3. The number of nitrogens with zero attached hydrogens (tertiary/aromatic N) is 4. The Bertz CT molecular complexity index is 1240. The van der Waals surface area contributed by atoms with Crippen molar-refractivity contribution in [2.75, 3.05) is 39.4 Å². The van der Waals surface area contributed by atoms with E-state index in [1.807, 2.05) is 6.92 Å². The van der Waals surface area contributed by atoms with Crippen molar-refractivity contribution in [3.8, 4) is 0 Å². The molecule has 0 atom stereocenters. The Labute approximate surface area is 209 Å². The van der Waals surface area contributed by atoms with Crippen molar-refractivity contribution in [3.05, 3.63) is 83.4 Å². The van der Waals surface area contributed by atoms with Crippen LogP contribution in [0, 0.1) is 6.92 Å². The summed E-state index contributed by atoms with van der Waals surface area (Å²) in [5, 5.41) is 0. The molecule has 1 aliphatic heterocycles. The Morgan fingerprint density at radius 2 is 1.69 bits per heavy atom. The van der Waals surface area contributed by atoms with Gasteiger partial charge < -0.3 is 9.30 Å². The Morgan fingerprint density at radius 3 is 2.33 bits per heavy atom. The zero-order valence-electron chi connectivity index (χ0n) is 20.0. The minimum atomic E-state index is -4.40. The summed E-state index contributed by atoms with van der Waals surface area (Å²) in [5.41, 5.74) is 0.903. The number of sulfonamides is 1. The van der Waals surface area contributed by atoms with Gasteiger partial charge in [-0.2, -0.15) is 17.5 Å². The van der Waals surface area contributed by atoms with Crippen LogP contribution in [0.2, 0.25) is 0 Å². The molecule has 0 amide bonds. The van der Waals surface area contributed by atoms with Crippen LogP contribution in [0.15, 0.2) is 65.8 Å². The summed E-state index contributed by atoms with van der Waals surface area (Å²) in [7, 11) is -3.81. The largest absolute Gasteiger partial charge is 0.416 e. The van der Waals surface area contributed by atoms with Crippen LogP contribution < -0.4 is 0 Å². The second-order valence-corrected chi connectivity index (χ2v) is 10.7. The molecule has 194 valence electrons. The number of imidazole rings is 1. The molecule has 36 heavy (non-hydrogen) atoms. The van der Waals surface area contributed by atoms with Crippen molar-refractivity contribution in [1.82, 2.24) is 18.8 Å². The fourth-order valence-corrected chi connectivity index (χ4v) is 5.40. The van der Waals surface area contributed by atoms with Crippen LogP contribution in [0.3, 0.4) is 0 Å². The average Bonchev–Trinajstić information content (AvgIpc) is 3.28. The first-order chi connectivity index (χ1) is 17.1. The van der Waals surface area contributed by atoms with E-state index in [1.54, 1.807) is 41.2 Å². The number of aryl methyl sites for hydroxylation is 1. The van der Waals surface area contributed by atoms with Gasteiger partial charge in [0, 0.05) is 45.1 Å². The van der Waals surface area contributed by atoms with Crippen LogP contribution in [0.4, 0.5) is 13.2 Å². The van der Waals surface area contributed by atoms with E-state index in [9.17, 15) is 21.6 Å². The maximum absolute atomic E-state index is 13.6. The number of hydrogen-bond donors (Lipinski definition) is 0. The Hall–Kier alpha value is -2.73. The van der Waals surface area contributed by atoms with Gasteiger partial charge in [0.05, 0.1) is 30.2 Å². The summed E-state index contributed by atoms with van der Waals surface area (Å²) in [4.78, 5) is 6.74. The smallest absolute Gasteiger partial charge is 0.379 e. The number of morpholine rings is 1. The molecule has 3 aromatic rings. The van der Waals surface area contributed by atoms with Gasteiger partial charge in [0.1, 0.15) is 5.82 Å². The third kappa shape index (κ3) is 6.52. The first-order valence-corrected chi connectivity index (χ1v) is 13.1. The summed E-state index contributed by atoms with van der Waals surface area (Å²) in [6.07, 6.45) is -1.13. The maximum atomic E-state index is 13.6. The van der Waals surface area contributed by atoms with Gasteiger partial charge in [0.25, 0.3) is 0 Å². The van der Waals surface area contributed by atoms with Crippen LogP contribution in [-0.4, -0.2) is 66.6 Å². The highest BCUT2D eigenvalue weighted by Gasteiger charge is 2.30. The van der Waals surface area contributed by atoms with Crippen LogP contribution in [-0.2, 0) is 34.0 Å². The van der Waals surface area contributed by atoms with Gasteiger partial charge in [-0.1, -0.05) is 29.8 Å². The van der Waals surface area contributed by atoms with Crippen LogP contribution in [0.1, 0.15) is 22.5 Å². The number of ether oxygens (including phenoxy) is 1. The van der Waals surface area contributed by atoms with Crippen molar-refractivity contribution in [2.24, 2.45) is 0 Å². The topological polar surface area (TPSA) is 67.7 Å². The number of benzene rings is 2. The molecule has 0 N–H and O–H groups in total. The second kappa shape index (κ2) is 11.1. The third-order valence-electron chi connectivity index (χ3n) is 6.18. The molecular weight excluding hydrogens is 493 g/mol. The maximum Gasteiger partial charge on any atom is 0.416 e. The number of alkyl halides is 3. The van der Waals surface area contributed by atoms with E-state index < -0.39 is 21.8 Å². The molecule has 0 aliphatic carbocycles. The summed E-state index contributed by atoms with van der Waals surface area (Å²) in [6, 6.07) is 11.7. The van der Waals surface area contributed by atoms with Crippen LogP contribution in [0.5, 0.6) is 0 Å². The minimum absolute atomic E-state index is 0.0359. The van der Waals surface area contributed by atoms with E-state index in [4.69, 9.17) is 4.74 Å². The molecule has 1 fully saturated rings. The molecule has 0 saturated carbocycles. The van der Waals surface area contributed by atoms with Gasteiger partial charge in [-0.3, -0.25) is 4.90 Å². The lowest BCUT2D eigenvalue weighted by Gasteiger charge is -2.29. The molecule has 2 aromatic carbocycles. The first kappa shape index (κ1) is 26.3. The SMILES string of the molecule is Cc1ccc(S(=O)(=O)N(CCN2CCOCC2)Cc2nccn2Cc2ccc(C(F)(F)F)cc2)cc1. The molecule has 2 heterocycles. The van der Waals surface area contributed by atoms with E-state index in [-0.39, 0.29) is 24.5 Å². The number of hydrogen-bond acceptors (Lipinski definition) is 5. The molecule has 0 spiro atoms. The summed E-state index contributed by atoms with van der Waals surface area (Å²) in [5.74, 6) is 0.507. The molecule has 1 aromatic heterocycles. The predicted octanol–water partition coefficient (Wildman–Crippen LogP) is 3.78. The van der Waals surface area contributed by atoms with Crippen LogP contribution >= 0.6 is 0 Å². The van der Waals surface area contributed by atoms with Crippen molar-refractivity contribution < 1.29 is 26.3 Å². The number of aromatic nitrogens is 2. The summed E-state index contributed by atoms with van der Waals surface area (Å²) >= 11 is 0. The van der Waals surface area contributed by atoms with Gasteiger partial charge in [-0.15, -0.1) is 0 Å². The van der Waals surface area contributed by atoms with Gasteiger partial charge in [0.2, 0.25) is 10.0 Å². The van der Waals surface area contributed by atoms with Crippen molar-refractivity contribution in [1.29, 1.82) is 0 Å². The van der Waals surface area contributed by atoms with E-state index >= 15 is 0 Å². The Morgan fingerprint density at radius 1 is 1.03 bits per heavy atom. The van der Waals surface area contributed by atoms with Gasteiger partial charge in [0.15, 0.2) is 0 Å². The molecule has 1 aliphatic rings. The van der Waals surface area contributed by atoms with Crippen molar-refractivity contribution in [3.63, 3.8) is 0 Å². The fraction of sp³-hybridized carbons (Fsp3) is 0.400. The lowest BCUT2D eigenvalue weighted by molar-refractivity contribution is -0.137. The van der Waals surface area contributed by atoms with E-state index in [1.165, 1.54) is 16.4 Å². The molecule has 0 unspecified atom stereocenters. The molecule has 0 radical (unpaired) electrons. The molecule has 11 heteroatoms. The van der Waals surface area contributed by atoms with Crippen LogP contribution in [0.25, 0.3) is 0 Å².